The molecule has 9 heteroatoms. The Labute approximate surface area is 216 Å². The van der Waals surface area contributed by atoms with Crippen LogP contribution in [0.25, 0.3) is 10.8 Å². The molecule has 0 saturated carbocycles. The molecular weight excluding hydrogens is 501 g/mol. The van der Waals surface area contributed by atoms with Gasteiger partial charge in [-0.3, -0.25) is 9.59 Å². The minimum absolute atomic E-state index is 0.234. The van der Waals surface area contributed by atoms with Crippen molar-refractivity contribution >= 4 is 58.0 Å². The van der Waals surface area contributed by atoms with E-state index in [0.717, 1.165) is 10.8 Å². The molecular formula is C27H19Cl2N3O4. The molecule has 0 heterocycles. The second-order valence-electron chi connectivity index (χ2n) is 7.56. The number of hydrogen-bond acceptors (Lipinski definition) is 5. The van der Waals surface area contributed by atoms with E-state index >= 15 is 0 Å². The van der Waals surface area contributed by atoms with Gasteiger partial charge in [-0.25, -0.2) is 10.2 Å². The van der Waals surface area contributed by atoms with Gasteiger partial charge in [0.25, 0.3) is 11.8 Å². The molecule has 4 aromatic rings. The zero-order valence-corrected chi connectivity index (χ0v) is 20.2. The summed E-state index contributed by atoms with van der Waals surface area (Å²) >= 11 is 11.8. The average molecular weight is 520 g/mol. The van der Waals surface area contributed by atoms with Gasteiger partial charge in [0.1, 0.15) is 5.75 Å². The van der Waals surface area contributed by atoms with E-state index in [4.69, 9.17) is 27.9 Å². The topological polar surface area (TPSA) is 96.9 Å². The van der Waals surface area contributed by atoms with Crippen LogP contribution in [0.4, 0.5) is 0 Å². The summed E-state index contributed by atoms with van der Waals surface area (Å²) < 4.78 is 5.62. The Hall–Kier alpha value is -4.20. The van der Waals surface area contributed by atoms with Crippen molar-refractivity contribution in [2.24, 2.45) is 5.10 Å². The zero-order valence-electron chi connectivity index (χ0n) is 18.7. The Balaban J connectivity index is 1.45. The lowest BCUT2D eigenvalue weighted by molar-refractivity contribution is -0.120. The van der Waals surface area contributed by atoms with Gasteiger partial charge in [-0.05, 0) is 47.2 Å². The van der Waals surface area contributed by atoms with Crippen LogP contribution in [0.3, 0.4) is 0 Å². The minimum Gasteiger partial charge on any atom is -0.422 e. The van der Waals surface area contributed by atoms with Crippen LogP contribution >= 0.6 is 23.2 Å². The Morgan fingerprint density at radius 2 is 1.58 bits per heavy atom. The number of carbonyl (C=O) groups excluding carboxylic acids is 3. The largest absolute Gasteiger partial charge is 0.422 e. The highest BCUT2D eigenvalue weighted by Crippen LogP contribution is 2.27. The Morgan fingerprint density at radius 1 is 0.833 bits per heavy atom. The predicted molar refractivity (Wildman–Crippen MR) is 140 cm³/mol. The van der Waals surface area contributed by atoms with E-state index in [2.05, 4.69) is 15.8 Å². The molecule has 0 unspecified atom stereocenters. The fourth-order valence-electron chi connectivity index (χ4n) is 3.34. The first-order chi connectivity index (χ1) is 17.4. The average Bonchev–Trinajstić information content (AvgIpc) is 2.90. The summed E-state index contributed by atoms with van der Waals surface area (Å²) in [5.74, 6) is -1.28. The monoisotopic (exact) mass is 519 g/mol. The van der Waals surface area contributed by atoms with Gasteiger partial charge in [-0.1, -0.05) is 71.7 Å². The van der Waals surface area contributed by atoms with E-state index < -0.39 is 17.8 Å². The third-order valence-corrected chi connectivity index (χ3v) is 5.86. The van der Waals surface area contributed by atoms with Crippen LogP contribution < -0.4 is 15.5 Å². The number of nitrogens with one attached hydrogen (secondary N) is 2. The van der Waals surface area contributed by atoms with E-state index in [1.165, 1.54) is 24.4 Å². The molecule has 0 aliphatic heterocycles. The highest BCUT2D eigenvalue weighted by atomic mass is 35.5. The van der Waals surface area contributed by atoms with Gasteiger partial charge in [-0.2, -0.15) is 5.10 Å². The van der Waals surface area contributed by atoms with Crippen molar-refractivity contribution in [3.05, 3.63) is 112 Å². The standard InChI is InChI=1S/C27H19Cl2N3O4/c28-22-12-10-19(14-23(22)29)26(34)30-16-25(33)32-31-15-21-20-9-5-4-6-17(20)11-13-24(21)36-27(35)18-7-2-1-3-8-18/h1-15H,16H2,(H,30,34)(H,32,33)/b31-15-. The number of rotatable bonds is 7. The van der Waals surface area contributed by atoms with Gasteiger partial charge in [-0.15, -0.1) is 0 Å². The van der Waals surface area contributed by atoms with Crippen LogP contribution in [0.2, 0.25) is 10.0 Å². The van der Waals surface area contributed by atoms with Gasteiger partial charge < -0.3 is 10.1 Å². The van der Waals surface area contributed by atoms with Gasteiger partial charge in [0, 0.05) is 11.1 Å². The highest BCUT2D eigenvalue weighted by Gasteiger charge is 2.14. The summed E-state index contributed by atoms with van der Waals surface area (Å²) in [5.41, 5.74) is 3.54. The predicted octanol–water partition coefficient (Wildman–Crippen LogP) is 5.25. The summed E-state index contributed by atoms with van der Waals surface area (Å²) in [6.07, 6.45) is 1.40. The number of nitrogens with zero attached hydrogens (tertiary/aromatic N) is 1. The molecule has 0 bridgehead atoms. The minimum atomic E-state index is -0.553. The summed E-state index contributed by atoms with van der Waals surface area (Å²) in [4.78, 5) is 37.1. The molecule has 0 spiro atoms. The highest BCUT2D eigenvalue weighted by molar-refractivity contribution is 6.42. The lowest BCUT2D eigenvalue weighted by atomic mass is 10.0. The van der Waals surface area contributed by atoms with Crippen LogP contribution in [-0.4, -0.2) is 30.5 Å². The fourth-order valence-corrected chi connectivity index (χ4v) is 3.64. The van der Waals surface area contributed by atoms with Gasteiger partial charge in [0.05, 0.1) is 28.4 Å². The molecule has 0 saturated heterocycles. The van der Waals surface area contributed by atoms with Crippen LogP contribution in [0.15, 0.2) is 90.0 Å². The number of halogens is 2. The molecule has 0 aromatic heterocycles. The molecule has 7 nitrogen and oxygen atoms in total. The Bertz CT molecular complexity index is 1470. The van der Waals surface area contributed by atoms with Crippen LogP contribution in [0.1, 0.15) is 26.3 Å². The third kappa shape index (κ3) is 6.07. The van der Waals surface area contributed by atoms with Gasteiger partial charge in [0.15, 0.2) is 0 Å². The maximum absolute atomic E-state index is 12.6. The molecule has 36 heavy (non-hydrogen) atoms. The van der Waals surface area contributed by atoms with E-state index in [1.807, 2.05) is 30.3 Å². The molecule has 0 fully saturated rings. The normalized spacial score (nSPS) is 10.8. The number of amides is 2. The maximum Gasteiger partial charge on any atom is 0.343 e. The quantitative estimate of drug-likeness (QED) is 0.151. The Kier molecular flexibility index (Phi) is 7.95. The first-order valence-electron chi connectivity index (χ1n) is 10.8. The lowest BCUT2D eigenvalue weighted by Gasteiger charge is -2.10. The number of fused-ring (bicyclic) bond motifs is 1. The third-order valence-electron chi connectivity index (χ3n) is 5.12. The molecule has 2 amide bonds. The number of hydrazone groups is 1. The first-order valence-corrected chi connectivity index (χ1v) is 11.5. The number of ether oxygens (including phenoxy) is 1. The zero-order chi connectivity index (χ0) is 25.5. The summed E-state index contributed by atoms with van der Waals surface area (Å²) in [7, 11) is 0. The second-order valence-corrected chi connectivity index (χ2v) is 8.37. The second kappa shape index (κ2) is 11.5. The van der Waals surface area contributed by atoms with Crippen molar-refractivity contribution in [3.63, 3.8) is 0 Å². The summed E-state index contributed by atoms with van der Waals surface area (Å²) in [5, 5.41) is 8.72. The van der Waals surface area contributed by atoms with E-state index in [9.17, 15) is 14.4 Å². The number of hydrogen-bond donors (Lipinski definition) is 2. The molecule has 2 N–H and O–H groups in total. The molecule has 0 aliphatic rings. The first kappa shape index (κ1) is 24.9. The molecule has 0 atom stereocenters. The number of benzene rings is 4. The van der Waals surface area contributed by atoms with Crippen LogP contribution in [0.5, 0.6) is 5.75 Å². The number of carbonyl (C=O) groups is 3. The fraction of sp³-hybridized carbons (Fsp3) is 0.0370. The molecule has 180 valence electrons. The lowest BCUT2D eigenvalue weighted by Crippen LogP contribution is -2.34. The van der Waals surface area contributed by atoms with Gasteiger partial charge >= 0.3 is 5.97 Å². The van der Waals surface area contributed by atoms with E-state index in [1.54, 1.807) is 36.4 Å². The van der Waals surface area contributed by atoms with Crippen molar-refractivity contribution in [1.82, 2.24) is 10.7 Å². The van der Waals surface area contributed by atoms with Crippen LogP contribution in [0, 0.1) is 0 Å². The molecule has 4 rings (SSSR count). The van der Waals surface area contributed by atoms with Crippen molar-refractivity contribution < 1.29 is 19.1 Å². The SMILES string of the molecule is O=C(CNC(=O)c1ccc(Cl)c(Cl)c1)N/N=C\c1c(OC(=O)c2ccccc2)ccc2ccccc12. The molecule has 4 aromatic carbocycles. The molecule has 0 radical (unpaired) electrons. The van der Waals surface area contributed by atoms with Crippen molar-refractivity contribution in [3.8, 4) is 5.75 Å². The summed E-state index contributed by atoms with van der Waals surface area (Å²) in [6, 6.07) is 24.0. The summed E-state index contributed by atoms with van der Waals surface area (Å²) in [6.45, 7) is -0.318. The van der Waals surface area contributed by atoms with Gasteiger partial charge in [0.2, 0.25) is 0 Å². The van der Waals surface area contributed by atoms with E-state index in [-0.39, 0.29) is 22.9 Å². The van der Waals surface area contributed by atoms with Crippen molar-refractivity contribution in [2.45, 2.75) is 0 Å². The Morgan fingerprint density at radius 3 is 2.36 bits per heavy atom. The van der Waals surface area contributed by atoms with E-state index in [0.29, 0.717) is 16.1 Å². The molecule has 0 aliphatic carbocycles. The maximum atomic E-state index is 12.6. The number of esters is 1. The smallest absolute Gasteiger partial charge is 0.343 e. The van der Waals surface area contributed by atoms with Crippen LogP contribution in [-0.2, 0) is 4.79 Å². The van der Waals surface area contributed by atoms with Crippen molar-refractivity contribution in [2.75, 3.05) is 6.54 Å². The van der Waals surface area contributed by atoms with Crippen molar-refractivity contribution in [1.29, 1.82) is 0 Å².